The van der Waals surface area contributed by atoms with Crippen LogP contribution in [0.25, 0.3) is 11.5 Å². The number of oxazole rings is 1. The summed E-state index contributed by atoms with van der Waals surface area (Å²) in [7, 11) is -1.20. The molecule has 1 atom stereocenters. The van der Waals surface area contributed by atoms with Crippen molar-refractivity contribution in [3.63, 3.8) is 0 Å². The Morgan fingerprint density at radius 2 is 1.80 bits per heavy atom. The van der Waals surface area contributed by atoms with Crippen LogP contribution < -0.4 is 5.32 Å². The van der Waals surface area contributed by atoms with Gasteiger partial charge in [0.15, 0.2) is 0 Å². The highest BCUT2D eigenvalue weighted by molar-refractivity contribution is 7.84. The average molecular weight is 420 g/mol. The molecule has 0 spiro atoms. The van der Waals surface area contributed by atoms with Gasteiger partial charge in [0.05, 0.1) is 35.1 Å². The smallest absolute Gasteiger partial charge is 0.251 e. The van der Waals surface area contributed by atoms with E-state index in [4.69, 9.17) is 8.83 Å². The van der Waals surface area contributed by atoms with E-state index >= 15 is 0 Å². The molecule has 0 bridgehead atoms. The number of rotatable bonds is 7. The lowest BCUT2D eigenvalue weighted by Gasteiger charge is -2.04. The normalized spacial score (nSPS) is 11.9. The van der Waals surface area contributed by atoms with Gasteiger partial charge in [0.2, 0.25) is 5.89 Å². The van der Waals surface area contributed by atoms with Crippen LogP contribution in [0.5, 0.6) is 0 Å². The molecule has 0 radical (unpaired) electrons. The molecule has 1 N–H and O–H groups in total. The van der Waals surface area contributed by atoms with Gasteiger partial charge in [-0.15, -0.1) is 0 Å². The van der Waals surface area contributed by atoms with Crippen molar-refractivity contribution >= 4 is 16.7 Å². The zero-order valence-corrected chi connectivity index (χ0v) is 17.1. The molecule has 0 aliphatic carbocycles. The van der Waals surface area contributed by atoms with Crippen LogP contribution in [0.2, 0.25) is 0 Å². The fraction of sp³-hybridized carbons (Fsp3) is 0.130. The summed E-state index contributed by atoms with van der Waals surface area (Å²) in [4.78, 5) is 17.5. The standard InChI is InChI=1S/C23H20N2O4S/c1-16-21(15-30(27)20-7-3-2-4-8-20)25-23(29-16)18-11-9-17(10-12-18)22(26)24-14-19-6-5-13-28-19/h2-13H,14-15H2,1H3,(H,24,26)/t30-/m1/s1. The minimum absolute atomic E-state index is 0.194. The first-order valence-electron chi connectivity index (χ1n) is 9.41. The quantitative estimate of drug-likeness (QED) is 0.476. The summed E-state index contributed by atoms with van der Waals surface area (Å²) in [5.41, 5.74) is 1.93. The highest BCUT2D eigenvalue weighted by Crippen LogP contribution is 2.24. The molecule has 0 aliphatic rings. The molecule has 0 aliphatic heterocycles. The summed E-state index contributed by atoms with van der Waals surface area (Å²) in [5.74, 6) is 1.85. The Morgan fingerprint density at radius 1 is 1.03 bits per heavy atom. The van der Waals surface area contributed by atoms with E-state index in [-0.39, 0.29) is 11.7 Å². The van der Waals surface area contributed by atoms with Crippen LogP contribution >= 0.6 is 0 Å². The summed E-state index contributed by atoms with van der Waals surface area (Å²) in [5, 5.41) is 2.81. The number of hydrogen-bond acceptors (Lipinski definition) is 5. The molecule has 30 heavy (non-hydrogen) atoms. The van der Waals surface area contributed by atoms with Crippen molar-refractivity contribution in [1.29, 1.82) is 0 Å². The molecule has 152 valence electrons. The summed E-state index contributed by atoms with van der Waals surface area (Å²) in [6, 6.07) is 19.9. The van der Waals surface area contributed by atoms with E-state index in [2.05, 4.69) is 10.3 Å². The van der Waals surface area contributed by atoms with Crippen molar-refractivity contribution in [2.24, 2.45) is 0 Å². The first kappa shape index (κ1) is 19.8. The van der Waals surface area contributed by atoms with Crippen LogP contribution in [-0.2, 0) is 23.1 Å². The second-order valence-corrected chi connectivity index (χ2v) is 8.12. The molecule has 4 aromatic rings. The molecule has 0 fully saturated rings. The van der Waals surface area contributed by atoms with Crippen molar-refractivity contribution in [2.75, 3.05) is 0 Å². The number of furan rings is 1. The number of carbonyl (C=O) groups excluding carboxylic acids is 1. The molecule has 2 aromatic heterocycles. The number of amides is 1. The molecule has 6 nitrogen and oxygen atoms in total. The monoisotopic (exact) mass is 420 g/mol. The molecule has 2 heterocycles. The average Bonchev–Trinajstić information content (AvgIpc) is 3.43. The van der Waals surface area contributed by atoms with E-state index in [1.54, 1.807) is 42.7 Å². The molecule has 1 amide bonds. The molecular weight excluding hydrogens is 400 g/mol. The van der Waals surface area contributed by atoms with Gasteiger partial charge in [0, 0.05) is 16.0 Å². The number of nitrogens with one attached hydrogen (secondary N) is 1. The summed E-state index contributed by atoms with van der Waals surface area (Å²) in [6.07, 6.45) is 1.57. The number of hydrogen-bond donors (Lipinski definition) is 1. The van der Waals surface area contributed by atoms with Crippen LogP contribution in [0, 0.1) is 6.92 Å². The van der Waals surface area contributed by atoms with Gasteiger partial charge in [-0.25, -0.2) is 4.98 Å². The predicted molar refractivity (Wildman–Crippen MR) is 113 cm³/mol. The maximum Gasteiger partial charge on any atom is 0.251 e. The molecule has 4 rings (SSSR count). The van der Waals surface area contributed by atoms with Crippen LogP contribution in [0.3, 0.4) is 0 Å². The van der Waals surface area contributed by atoms with Crippen LogP contribution in [0.4, 0.5) is 0 Å². The first-order chi connectivity index (χ1) is 14.6. The highest BCUT2D eigenvalue weighted by atomic mass is 32.2. The topological polar surface area (TPSA) is 85.3 Å². The van der Waals surface area contributed by atoms with Gasteiger partial charge < -0.3 is 14.2 Å². The lowest BCUT2D eigenvalue weighted by Crippen LogP contribution is -2.22. The van der Waals surface area contributed by atoms with Crippen LogP contribution in [0.15, 0.2) is 86.7 Å². The number of benzene rings is 2. The third-order valence-corrected chi connectivity index (χ3v) is 5.90. The van der Waals surface area contributed by atoms with Gasteiger partial charge in [-0.3, -0.25) is 9.00 Å². The fourth-order valence-corrected chi connectivity index (χ4v) is 4.06. The van der Waals surface area contributed by atoms with Crippen molar-refractivity contribution < 1.29 is 17.8 Å². The molecule has 0 unspecified atom stereocenters. The van der Waals surface area contributed by atoms with Gasteiger partial charge in [0.25, 0.3) is 5.91 Å². The summed E-state index contributed by atoms with van der Waals surface area (Å²) in [6.45, 7) is 2.14. The van der Waals surface area contributed by atoms with E-state index in [0.717, 1.165) is 10.5 Å². The first-order valence-corrected chi connectivity index (χ1v) is 10.7. The molecule has 0 saturated heterocycles. The van der Waals surface area contributed by atoms with Crippen molar-refractivity contribution in [2.45, 2.75) is 24.1 Å². The number of nitrogens with zero attached hydrogens (tertiary/aromatic N) is 1. The Balaban J connectivity index is 1.43. The number of aromatic nitrogens is 1. The van der Waals surface area contributed by atoms with Gasteiger partial charge >= 0.3 is 0 Å². The Labute approximate surface area is 176 Å². The Bertz CT molecular complexity index is 1150. The van der Waals surface area contributed by atoms with E-state index in [1.807, 2.05) is 37.3 Å². The zero-order valence-electron chi connectivity index (χ0n) is 16.3. The zero-order chi connectivity index (χ0) is 20.9. The fourth-order valence-electron chi connectivity index (χ4n) is 2.91. The maximum atomic E-state index is 12.6. The third kappa shape index (κ3) is 4.58. The summed E-state index contributed by atoms with van der Waals surface area (Å²) < 4.78 is 23.5. The second-order valence-electron chi connectivity index (χ2n) is 6.66. The van der Waals surface area contributed by atoms with Crippen molar-refractivity contribution in [3.05, 3.63) is 95.8 Å². The molecular formula is C23H20N2O4S. The van der Waals surface area contributed by atoms with Crippen LogP contribution in [-0.4, -0.2) is 15.1 Å². The van der Waals surface area contributed by atoms with Crippen molar-refractivity contribution in [3.8, 4) is 11.5 Å². The Hall–Kier alpha value is -3.45. The van der Waals surface area contributed by atoms with E-state index in [0.29, 0.717) is 35.2 Å². The third-order valence-electron chi connectivity index (χ3n) is 4.56. The summed E-state index contributed by atoms with van der Waals surface area (Å²) >= 11 is 0. The lowest BCUT2D eigenvalue weighted by molar-refractivity contribution is 0.0948. The van der Waals surface area contributed by atoms with Gasteiger partial charge in [-0.2, -0.15) is 0 Å². The van der Waals surface area contributed by atoms with E-state index in [9.17, 15) is 9.00 Å². The Morgan fingerprint density at radius 3 is 2.50 bits per heavy atom. The van der Waals surface area contributed by atoms with E-state index < -0.39 is 10.8 Å². The van der Waals surface area contributed by atoms with Gasteiger partial charge in [-0.1, -0.05) is 18.2 Å². The predicted octanol–water partition coefficient (Wildman–Crippen LogP) is 4.48. The molecule has 7 heteroatoms. The van der Waals surface area contributed by atoms with Gasteiger partial charge in [-0.05, 0) is 55.5 Å². The molecule has 0 saturated carbocycles. The lowest BCUT2D eigenvalue weighted by atomic mass is 10.1. The minimum Gasteiger partial charge on any atom is -0.467 e. The maximum absolute atomic E-state index is 12.6. The largest absolute Gasteiger partial charge is 0.467 e. The van der Waals surface area contributed by atoms with Crippen molar-refractivity contribution in [1.82, 2.24) is 10.3 Å². The van der Waals surface area contributed by atoms with Crippen LogP contribution in [0.1, 0.15) is 27.6 Å². The SMILES string of the molecule is Cc1oc(-c2ccc(C(=O)NCc3ccco3)cc2)nc1C[S@@](=O)c1ccccc1. The number of carbonyl (C=O) groups is 1. The minimum atomic E-state index is -1.20. The highest BCUT2D eigenvalue weighted by Gasteiger charge is 2.15. The molecule has 2 aromatic carbocycles. The van der Waals surface area contributed by atoms with Gasteiger partial charge in [0.1, 0.15) is 11.5 Å². The second kappa shape index (κ2) is 8.92. The van der Waals surface area contributed by atoms with E-state index in [1.165, 1.54) is 0 Å². The number of aryl methyl sites for hydroxylation is 1. The Kier molecular flexibility index (Phi) is 5.90.